The van der Waals surface area contributed by atoms with E-state index in [1.54, 1.807) is 10.6 Å². The van der Waals surface area contributed by atoms with Crippen molar-refractivity contribution < 1.29 is 9.21 Å². The Labute approximate surface area is 186 Å². The number of aryl methyl sites for hydroxylation is 1. The molecule has 2 heterocycles. The Balaban J connectivity index is 1.43. The van der Waals surface area contributed by atoms with Crippen LogP contribution in [0.1, 0.15) is 26.7 Å². The van der Waals surface area contributed by atoms with Gasteiger partial charge in [0.15, 0.2) is 5.58 Å². The van der Waals surface area contributed by atoms with Gasteiger partial charge in [-0.3, -0.25) is 14.7 Å². The van der Waals surface area contributed by atoms with Gasteiger partial charge in [0, 0.05) is 26.1 Å². The Morgan fingerprint density at radius 2 is 1.72 bits per heavy atom. The molecule has 0 aliphatic carbocycles. The van der Waals surface area contributed by atoms with Crippen molar-refractivity contribution in [3.05, 3.63) is 59.1 Å². The van der Waals surface area contributed by atoms with Crippen LogP contribution in [0.15, 0.2) is 57.7 Å². The van der Waals surface area contributed by atoms with Crippen molar-refractivity contribution in [1.29, 1.82) is 0 Å². The quantitative estimate of drug-likeness (QED) is 0.410. The number of likely N-dealkylation sites (N-methyl/N-ethyl adjacent to an activating group) is 1. The first-order valence-corrected chi connectivity index (χ1v) is 11.2. The number of nitrogens with one attached hydrogen (secondary N) is 1. The molecule has 0 spiro atoms. The van der Waals surface area contributed by atoms with E-state index >= 15 is 0 Å². The summed E-state index contributed by atoms with van der Waals surface area (Å²) < 4.78 is 8.90. The molecule has 4 rings (SSSR count). The second kappa shape index (κ2) is 9.82. The summed E-state index contributed by atoms with van der Waals surface area (Å²) in [7, 11) is 0. The maximum absolute atomic E-state index is 12.7. The van der Waals surface area contributed by atoms with Gasteiger partial charge < -0.3 is 13.9 Å². The molecule has 0 atom stereocenters. The third kappa shape index (κ3) is 4.60. The summed E-state index contributed by atoms with van der Waals surface area (Å²) in [6.45, 7) is 8.29. The molecule has 4 aromatic rings. The number of carbonyl (C=O) groups excluding carboxylic acids is 1. The van der Waals surface area contributed by atoms with Gasteiger partial charge in [0.1, 0.15) is 0 Å². The number of rotatable bonds is 10. The third-order valence-electron chi connectivity index (χ3n) is 5.80. The van der Waals surface area contributed by atoms with Crippen LogP contribution in [0.4, 0.5) is 5.95 Å². The number of oxazole rings is 1. The van der Waals surface area contributed by atoms with E-state index in [2.05, 4.69) is 33.6 Å². The fraction of sp³-hybridized carbons (Fsp3) is 0.375. The van der Waals surface area contributed by atoms with Crippen LogP contribution in [0, 0.1) is 0 Å². The molecule has 1 N–H and O–H groups in total. The van der Waals surface area contributed by atoms with E-state index in [1.165, 1.54) is 0 Å². The van der Waals surface area contributed by atoms with Crippen LogP contribution in [0.2, 0.25) is 0 Å². The molecule has 0 saturated carbocycles. The number of hydrogen-bond acceptors (Lipinski definition) is 5. The number of aromatic nitrogens is 3. The molecule has 2 aromatic heterocycles. The fourth-order valence-corrected chi connectivity index (χ4v) is 3.99. The maximum atomic E-state index is 12.7. The maximum Gasteiger partial charge on any atom is 0.419 e. The van der Waals surface area contributed by atoms with E-state index in [1.807, 2.05) is 42.5 Å². The van der Waals surface area contributed by atoms with Crippen molar-refractivity contribution in [3.63, 3.8) is 0 Å². The fourth-order valence-electron chi connectivity index (χ4n) is 3.99. The number of fused-ring (bicyclic) bond motifs is 2. The van der Waals surface area contributed by atoms with Crippen LogP contribution in [-0.4, -0.2) is 44.6 Å². The second-order valence-corrected chi connectivity index (χ2v) is 7.74. The number of hydrogen-bond donors (Lipinski definition) is 1. The zero-order chi connectivity index (χ0) is 22.5. The zero-order valence-corrected chi connectivity index (χ0v) is 18.6. The molecule has 168 valence electrons. The lowest BCUT2D eigenvalue weighted by molar-refractivity contribution is -0.116. The lowest BCUT2D eigenvalue weighted by Crippen LogP contribution is -2.27. The van der Waals surface area contributed by atoms with Crippen molar-refractivity contribution in [2.75, 3.05) is 25.0 Å². The molecule has 0 radical (unpaired) electrons. The summed E-state index contributed by atoms with van der Waals surface area (Å²) in [5.41, 5.74) is 3.17. The van der Waals surface area contributed by atoms with Gasteiger partial charge in [-0.15, -0.1) is 0 Å². The Morgan fingerprint density at radius 3 is 2.50 bits per heavy atom. The Morgan fingerprint density at radius 1 is 1.00 bits per heavy atom. The third-order valence-corrected chi connectivity index (χ3v) is 5.80. The second-order valence-electron chi connectivity index (χ2n) is 7.74. The molecule has 0 bridgehead atoms. The number of benzene rings is 2. The van der Waals surface area contributed by atoms with Gasteiger partial charge in [-0.1, -0.05) is 38.1 Å². The average molecular weight is 436 g/mol. The Bertz CT molecular complexity index is 1270. The van der Waals surface area contributed by atoms with Crippen molar-refractivity contribution in [1.82, 2.24) is 19.0 Å². The minimum Gasteiger partial charge on any atom is -0.408 e. The van der Waals surface area contributed by atoms with Crippen LogP contribution in [0.5, 0.6) is 0 Å². The SMILES string of the molecule is CCN(CC)CCn1c(NC(=O)CCCn2c(=O)oc3ccccc32)nc2ccccc21. The average Bonchev–Trinajstić information content (AvgIpc) is 3.31. The molecule has 0 unspecified atom stereocenters. The Hall–Kier alpha value is -3.39. The van der Waals surface area contributed by atoms with Crippen LogP contribution in [0.25, 0.3) is 22.1 Å². The molecular weight excluding hydrogens is 406 g/mol. The standard InChI is InChI=1S/C24H29N5O3/c1-3-27(4-2)16-17-28-19-11-6-5-10-18(19)25-23(28)26-22(30)14-9-15-29-20-12-7-8-13-21(20)32-24(29)31/h5-8,10-13H,3-4,9,14-17H2,1-2H3,(H,25,26,30). The predicted molar refractivity (Wildman–Crippen MR) is 126 cm³/mol. The van der Waals surface area contributed by atoms with E-state index in [9.17, 15) is 9.59 Å². The minimum absolute atomic E-state index is 0.120. The number of imidazole rings is 1. The van der Waals surface area contributed by atoms with Gasteiger partial charge in [0.2, 0.25) is 11.9 Å². The van der Waals surface area contributed by atoms with Crippen molar-refractivity contribution in [2.24, 2.45) is 0 Å². The van der Waals surface area contributed by atoms with Gasteiger partial charge in [-0.2, -0.15) is 0 Å². The minimum atomic E-state index is -0.398. The largest absolute Gasteiger partial charge is 0.419 e. The predicted octanol–water partition coefficient (Wildman–Crippen LogP) is 3.70. The van der Waals surface area contributed by atoms with Gasteiger partial charge in [-0.25, -0.2) is 9.78 Å². The lowest BCUT2D eigenvalue weighted by Gasteiger charge is -2.19. The van der Waals surface area contributed by atoms with Crippen LogP contribution >= 0.6 is 0 Å². The first kappa shape index (κ1) is 21.8. The highest BCUT2D eigenvalue weighted by Gasteiger charge is 2.15. The molecule has 8 heteroatoms. The molecule has 0 fully saturated rings. The van der Waals surface area contributed by atoms with Gasteiger partial charge in [0.25, 0.3) is 0 Å². The van der Waals surface area contributed by atoms with Gasteiger partial charge in [-0.05, 0) is 43.8 Å². The summed E-state index contributed by atoms with van der Waals surface area (Å²) in [6, 6.07) is 15.2. The summed E-state index contributed by atoms with van der Waals surface area (Å²) >= 11 is 0. The highest BCUT2D eigenvalue weighted by atomic mass is 16.4. The zero-order valence-electron chi connectivity index (χ0n) is 18.6. The molecule has 0 saturated heterocycles. The molecule has 32 heavy (non-hydrogen) atoms. The molecule has 1 amide bonds. The van der Waals surface area contributed by atoms with Crippen molar-refractivity contribution >= 4 is 34.0 Å². The highest BCUT2D eigenvalue weighted by molar-refractivity contribution is 5.91. The van der Waals surface area contributed by atoms with Crippen LogP contribution in [-0.2, 0) is 17.9 Å². The van der Waals surface area contributed by atoms with Crippen LogP contribution < -0.4 is 11.1 Å². The smallest absolute Gasteiger partial charge is 0.408 e. The molecule has 0 aliphatic rings. The Kier molecular flexibility index (Phi) is 6.70. The van der Waals surface area contributed by atoms with Gasteiger partial charge >= 0.3 is 5.76 Å². The van der Waals surface area contributed by atoms with E-state index in [4.69, 9.17) is 4.42 Å². The van der Waals surface area contributed by atoms with Crippen LogP contribution in [0.3, 0.4) is 0 Å². The lowest BCUT2D eigenvalue weighted by atomic mass is 10.2. The first-order chi connectivity index (χ1) is 15.6. The normalized spacial score (nSPS) is 11.6. The summed E-state index contributed by atoms with van der Waals surface area (Å²) in [5, 5.41) is 2.98. The van der Waals surface area contributed by atoms with E-state index in [0.717, 1.165) is 42.7 Å². The number of amides is 1. The number of nitrogens with zero attached hydrogens (tertiary/aromatic N) is 4. The molecule has 8 nitrogen and oxygen atoms in total. The van der Waals surface area contributed by atoms with E-state index < -0.39 is 5.76 Å². The van der Waals surface area contributed by atoms with E-state index in [-0.39, 0.29) is 12.3 Å². The molecule has 2 aromatic carbocycles. The molecule has 0 aliphatic heterocycles. The number of anilines is 1. The molecular formula is C24H29N5O3. The summed E-state index contributed by atoms with van der Waals surface area (Å²) in [4.78, 5) is 31.8. The topological polar surface area (TPSA) is 85.3 Å². The highest BCUT2D eigenvalue weighted by Crippen LogP contribution is 2.20. The number of carbonyl (C=O) groups is 1. The monoisotopic (exact) mass is 435 g/mol. The van der Waals surface area contributed by atoms with Crippen molar-refractivity contribution in [3.8, 4) is 0 Å². The number of para-hydroxylation sites is 4. The summed E-state index contributed by atoms with van der Waals surface area (Å²) in [6.07, 6.45) is 0.806. The van der Waals surface area contributed by atoms with E-state index in [0.29, 0.717) is 24.5 Å². The summed E-state index contributed by atoms with van der Waals surface area (Å²) in [5.74, 6) is 0.0457. The first-order valence-electron chi connectivity index (χ1n) is 11.2. The van der Waals surface area contributed by atoms with Crippen molar-refractivity contribution in [2.45, 2.75) is 39.8 Å². The van der Waals surface area contributed by atoms with Gasteiger partial charge in [0.05, 0.1) is 16.6 Å².